The lowest BCUT2D eigenvalue weighted by molar-refractivity contribution is 0.0979. The van der Waals surface area contributed by atoms with Crippen LogP contribution < -0.4 is 4.74 Å². The Labute approximate surface area is 217 Å². The van der Waals surface area contributed by atoms with Gasteiger partial charge in [0.25, 0.3) is 0 Å². The number of unbranched alkanes of at least 4 members (excludes halogenated alkanes) is 1. The van der Waals surface area contributed by atoms with E-state index >= 15 is 0 Å². The molecule has 7 heteroatoms. The SMILES string of the molecule is CCCCC(=O)c1ccc(C2CCCn3nc(C=Cc4ccc(-n5cnc(C)c5)c(OC)c4)nc32)cc1. The van der Waals surface area contributed by atoms with Crippen LogP contribution in [-0.4, -0.2) is 37.2 Å². The third-order valence-electron chi connectivity index (χ3n) is 6.90. The molecule has 2 aromatic heterocycles. The zero-order valence-electron chi connectivity index (χ0n) is 21.7. The van der Waals surface area contributed by atoms with Crippen molar-refractivity contribution in [2.75, 3.05) is 7.11 Å². The number of benzene rings is 2. The number of Topliss-reactive ketones (excluding diaryl/α,β-unsaturated/α-hetero) is 1. The number of rotatable bonds is 9. The van der Waals surface area contributed by atoms with E-state index in [1.54, 1.807) is 13.4 Å². The summed E-state index contributed by atoms with van der Waals surface area (Å²) < 4.78 is 9.62. The second-order valence-corrected chi connectivity index (χ2v) is 9.58. The maximum Gasteiger partial charge on any atom is 0.174 e. The number of nitrogens with zero attached hydrogens (tertiary/aromatic N) is 5. The average molecular weight is 496 g/mol. The summed E-state index contributed by atoms with van der Waals surface area (Å²) in [6.07, 6.45) is 12.4. The largest absolute Gasteiger partial charge is 0.495 e. The van der Waals surface area contributed by atoms with Crippen molar-refractivity contribution in [1.29, 1.82) is 0 Å². The molecule has 0 radical (unpaired) electrons. The molecule has 3 heterocycles. The van der Waals surface area contributed by atoms with E-state index in [0.717, 1.165) is 66.3 Å². The van der Waals surface area contributed by atoms with Crippen LogP contribution in [0.3, 0.4) is 0 Å². The number of carbonyl (C=O) groups excluding carboxylic acids is 1. The number of hydrogen-bond donors (Lipinski definition) is 0. The third kappa shape index (κ3) is 5.40. The first-order chi connectivity index (χ1) is 18.1. The van der Waals surface area contributed by atoms with Gasteiger partial charge in [0.15, 0.2) is 11.6 Å². The van der Waals surface area contributed by atoms with Crippen LogP contribution in [-0.2, 0) is 6.54 Å². The minimum atomic E-state index is 0.182. The lowest BCUT2D eigenvalue weighted by Crippen LogP contribution is -2.18. The number of ether oxygens (including phenoxy) is 1. The Kier molecular flexibility index (Phi) is 7.30. The van der Waals surface area contributed by atoms with Crippen molar-refractivity contribution in [3.8, 4) is 11.4 Å². The summed E-state index contributed by atoms with van der Waals surface area (Å²) in [6.45, 7) is 4.94. The summed E-state index contributed by atoms with van der Waals surface area (Å²) in [6, 6.07) is 14.2. The maximum atomic E-state index is 12.4. The molecule has 0 aliphatic carbocycles. The second kappa shape index (κ2) is 10.9. The summed E-state index contributed by atoms with van der Waals surface area (Å²) in [5, 5.41) is 4.75. The van der Waals surface area contributed by atoms with Gasteiger partial charge in [-0.1, -0.05) is 49.8 Å². The first-order valence-corrected chi connectivity index (χ1v) is 13.0. The fourth-order valence-electron chi connectivity index (χ4n) is 4.87. The predicted octanol–water partition coefficient (Wildman–Crippen LogP) is 6.25. The second-order valence-electron chi connectivity index (χ2n) is 9.58. The molecule has 0 N–H and O–H groups in total. The highest BCUT2D eigenvalue weighted by atomic mass is 16.5. The van der Waals surface area contributed by atoms with Crippen molar-refractivity contribution in [3.05, 3.63) is 89.0 Å². The van der Waals surface area contributed by atoms with Gasteiger partial charge >= 0.3 is 0 Å². The van der Waals surface area contributed by atoms with Crippen LogP contribution in [0, 0.1) is 6.92 Å². The Hall–Kier alpha value is -4.00. The predicted molar refractivity (Wildman–Crippen MR) is 145 cm³/mol. The molecule has 1 unspecified atom stereocenters. The minimum absolute atomic E-state index is 0.182. The van der Waals surface area contributed by atoms with Crippen LogP contribution in [0.4, 0.5) is 0 Å². The van der Waals surface area contributed by atoms with Crippen molar-refractivity contribution >= 4 is 17.9 Å². The minimum Gasteiger partial charge on any atom is -0.495 e. The number of aromatic nitrogens is 5. The molecule has 190 valence electrons. The van der Waals surface area contributed by atoms with Gasteiger partial charge in [0.05, 0.1) is 24.8 Å². The molecule has 0 spiro atoms. The Morgan fingerprint density at radius 3 is 2.73 bits per heavy atom. The van der Waals surface area contributed by atoms with Gasteiger partial charge in [-0.2, -0.15) is 5.10 Å². The number of ketones is 1. The Morgan fingerprint density at radius 2 is 2.00 bits per heavy atom. The molecule has 0 saturated heterocycles. The number of methoxy groups -OCH3 is 1. The molecular formula is C30H33N5O2. The fourth-order valence-corrected chi connectivity index (χ4v) is 4.87. The molecular weight excluding hydrogens is 462 g/mol. The topological polar surface area (TPSA) is 74.8 Å². The highest BCUT2D eigenvalue weighted by Crippen LogP contribution is 2.33. The molecule has 37 heavy (non-hydrogen) atoms. The maximum absolute atomic E-state index is 12.4. The van der Waals surface area contributed by atoms with E-state index in [2.05, 4.69) is 24.0 Å². The van der Waals surface area contributed by atoms with Crippen LogP contribution in [0.2, 0.25) is 0 Å². The van der Waals surface area contributed by atoms with Crippen molar-refractivity contribution in [3.63, 3.8) is 0 Å². The van der Waals surface area contributed by atoms with Gasteiger partial charge in [0.2, 0.25) is 0 Å². The number of fused-ring (bicyclic) bond motifs is 1. The van der Waals surface area contributed by atoms with E-state index in [1.165, 1.54) is 5.56 Å². The molecule has 7 nitrogen and oxygen atoms in total. The zero-order valence-corrected chi connectivity index (χ0v) is 21.7. The fraction of sp³-hybridized carbons (Fsp3) is 0.333. The highest BCUT2D eigenvalue weighted by molar-refractivity contribution is 5.96. The highest BCUT2D eigenvalue weighted by Gasteiger charge is 2.25. The van der Waals surface area contributed by atoms with Crippen molar-refractivity contribution in [2.24, 2.45) is 0 Å². The van der Waals surface area contributed by atoms with Crippen LogP contribution >= 0.6 is 0 Å². The quantitative estimate of drug-likeness (QED) is 0.257. The van der Waals surface area contributed by atoms with E-state index in [1.807, 2.05) is 64.9 Å². The van der Waals surface area contributed by atoms with Gasteiger partial charge in [-0.15, -0.1) is 0 Å². The van der Waals surface area contributed by atoms with Crippen molar-refractivity contribution in [2.45, 2.75) is 58.4 Å². The lowest BCUT2D eigenvalue weighted by atomic mass is 9.90. The molecule has 1 aliphatic rings. The van der Waals surface area contributed by atoms with E-state index < -0.39 is 0 Å². The van der Waals surface area contributed by atoms with Gasteiger partial charge in [-0.25, -0.2) is 14.6 Å². The lowest BCUT2D eigenvalue weighted by Gasteiger charge is -2.22. The Balaban J connectivity index is 1.34. The molecule has 0 saturated carbocycles. The van der Waals surface area contributed by atoms with Gasteiger partial charge in [-0.05, 0) is 55.5 Å². The van der Waals surface area contributed by atoms with Gasteiger partial charge < -0.3 is 9.30 Å². The van der Waals surface area contributed by atoms with E-state index in [9.17, 15) is 4.79 Å². The zero-order chi connectivity index (χ0) is 25.8. The van der Waals surface area contributed by atoms with Crippen LogP contribution in [0.5, 0.6) is 5.75 Å². The molecule has 1 aliphatic heterocycles. The normalized spacial score (nSPS) is 15.2. The van der Waals surface area contributed by atoms with Crippen LogP contribution in [0.15, 0.2) is 55.0 Å². The van der Waals surface area contributed by atoms with Crippen molar-refractivity contribution in [1.82, 2.24) is 24.3 Å². The summed E-state index contributed by atoms with van der Waals surface area (Å²) in [5.41, 5.74) is 4.88. The van der Waals surface area contributed by atoms with E-state index in [4.69, 9.17) is 14.8 Å². The summed E-state index contributed by atoms with van der Waals surface area (Å²) in [7, 11) is 1.68. The molecule has 0 amide bonds. The average Bonchev–Trinajstić information content (AvgIpc) is 3.56. The summed E-state index contributed by atoms with van der Waals surface area (Å²) in [4.78, 5) is 21.6. The van der Waals surface area contributed by atoms with Crippen LogP contribution in [0.1, 0.15) is 83.8 Å². The standard InChI is InChI=1S/C30H33N5O2/c1-4-5-8-27(36)24-13-11-23(12-14-24)25-7-6-17-35-30(25)32-29(33-35)16-10-22-9-15-26(28(18-22)37-3)34-19-21(2)31-20-34/h9-16,18-20,25H,4-8,17H2,1-3H3. The third-order valence-corrected chi connectivity index (χ3v) is 6.90. The van der Waals surface area contributed by atoms with Gasteiger partial charge in [-0.3, -0.25) is 4.79 Å². The van der Waals surface area contributed by atoms with E-state index in [0.29, 0.717) is 12.2 Å². The van der Waals surface area contributed by atoms with Gasteiger partial charge in [0.1, 0.15) is 11.6 Å². The number of hydrogen-bond acceptors (Lipinski definition) is 5. The first kappa shape index (κ1) is 24.7. The first-order valence-electron chi connectivity index (χ1n) is 13.0. The molecule has 0 bridgehead atoms. The van der Waals surface area contributed by atoms with Gasteiger partial charge in [0, 0.05) is 30.6 Å². The summed E-state index contributed by atoms with van der Waals surface area (Å²) in [5.74, 6) is 2.85. The Morgan fingerprint density at radius 1 is 1.16 bits per heavy atom. The number of imidazole rings is 1. The Bertz CT molecular complexity index is 1410. The van der Waals surface area contributed by atoms with Crippen LogP contribution in [0.25, 0.3) is 17.8 Å². The van der Waals surface area contributed by atoms with E-state index in [-0.39, 0.29) is 11.7 Å². The number of carbonyl (C=O) groups is 1. The monoisotopic (exact) mass is 495 g/mol. The molecule has 1 atom stereocenters. The summed E-state index contributed by atoms with van der Waals surface area (Å²) >= 11 is 0. The molecule has 0 fully saturated rings. The molecule has 5 rings (SSSR count). The molecule has 2 aromatic carbocycles. The smallest absolute Gasteiger partial charge is 0.174 e. The number of aryl methyl sites for hydroxylation is 2. The molecule has 4 aromatic rings. The van der Waals surface area contributed by atoms with Crippen molar-refractivity contribution < 1.29 is 9.53 Å².